The molecule has 0 radical (unpaired) electrons. The van der Waals surface area contributed by atoms with Gasteiger partial charge < -0.3 is 9.47 Å². The highest BCUT2D eigenvalue weighted by Crippen LogP contribution is 2.34. The lowest BCUT2D eigenvalue weighted by molar-refractivity contribution is -0.127. The van der Waals surface area contributed by atoms with Gasteiger partial charge in [-0.05, 0) is 42.0 Å². The number of amides is 1. The van der Waals surface area contributed by atoms with Crippen LogP contribution in [0.4, 0.5) is 9.52 Å². The molecule has 4 aromatic rings. The van der Waals surface area contributed by atoms with Gasteiger partial charge in [-0.15, -0.1) is 0 Å². The first-order valence-corrected chi connectivity index (χ1v) is 10.1. The van der Waals surface area contributed by atoms with Gasteiger partial charge in [0, 0.05) is 12.4 Å². The van der Waals surface area contributed by atoms with E-state index in [1.165, 1.54) is 23.5 Å². The van der Waals surface area contributed by atoms with Gasteiger partial charge >= 0.3 is 0 Å². The van der Waals surface area contributed by atoms with E-state index in [1.807, 2.05) is 24.3 Å². The summed E-state index contributed by atoms with van der Waals surface area (Å²) in [7, 11) is 0. The summed E-state index contributed by atoms with van der Waals surface area (Å²) in [4.78, 5) is 23.7. The number of para-hydroxylation sites is 2. The van der Waals surface area contributed by atoms with Gasteiger partial charge in [0.15, 0.2) is 16.6 Å². The quantitative estimate of drug-likeness (QED) is 0.494. The predicted molar refractivity (Wildman–Crippen MR) is 111 cm³/mol. The lowest BCUT2D eigenvalue weighted by Gasteiger charge is -2.29. The Balaban J connectivity index is 1.49. The Morgan fingerprint density at radius 1 is 1.17 bits per heavy atom. The number of halogens is 1. The Kier molecular flexibility index (Phi) is 4.76. The van der Waals surface area contributed by atoms with Crippen LogP contribution in [0.15, 0.2) is 67.0 Å². The number of aromatic nitrogens is 2. The summed E-state index contributed by atoms with van der Waals surface area (Å²) < 4.78 is 25.9. The third-order valence-corrected chi connectivity index (χ3v) is 5.72. The first-order chi connectivity index (χ1) is 14.7. The number of carbonyl (C=O) groups is 1. The van der Waals surface area contributed by atoms with Crippen molar-refractivity contribution in [3.05, 3.63) is 78.4 Å². The maximum atomic E-state index is 13.6. The molecule has 2 aromatic heterocycles. The molecule has 0 unspecified atom stereocenters. The molecule has 0 N–H and O–H groups in total. The largest absolute Gasteiger partial charge is 0.485 e. The van der Waals surface area contributed by atoms with E-state index in [0.29, 0.717) is 26.8 Å². The summed E-state index contributed by atoms with van der Waals surface area (Å²) in [5, 5.41) is 0.465. The number of carbonyl (C=O) groups excluding carboxylic acids is 1. The van der Waals surface area contributed by atoms with Gasteiger partial charge in [-0.2, -0.15) is 0 Å². The number of ether oxygens (including phenoxy) is 2. The molecule has 1 aliphatic rings. The minimum Gasteiger partial charge on any atom is -0.485 e. The van der Waals surface area contributed by atoms with Gasteiger partial charge in [0.05, 0.1) is 16.8 Å². The van der Waals surface area contributed by atoms with E-state index in [9.17, 15) is 9.18 Å². The van der Waals surface area contributed by atoms with E-state index in [0.717, 1.165) is 5.56 Å². The van der Waals surface area contributed by atoms with Crippen LogP contribution < -0.4 is 14.4 Å². The van der Waals surface area contributed by atoms with Gasteiger partial charge in [0.1, 0.15) is 12.4 Å². The molecule has 0 spiro atoms. The lowest BCUT2D eigenvalue weighted by Crippen LogP contribution is -2.46. The molecule has 5 rings (SSSR count). The van der Waals surface area contributed by atoms with Crippen molar-refractivity contribution in [2.45, 2.75) is 12.6 Å². The van der Waals surface area contributed by atoms with Gasteiger partial charge in [0.2, 0.25) is 6.10 Å². The Hall–Kier alpha value is -3.52. The van der Waals surface area contributed by atoms with Crippen LogP contribution in [0.1, 0.15) is 5.56 Å². The first kappa shape index (κ1) is 18.5. The summed E-state index contributed by atoms with van der Waals surface area (Å²) in [6, 6.07) is 15.3. The highest BCUT2D eigenvalue weighted by Gasteiger charge is 2.33. The third-order valence-electron chi connectivity index (χ3n) is 4.68. The topological polar surface area (TPSA) is 64.6 Å². The van der Waals surface area contributed by atoms with Crippen molar-refractivity contribution in [3.63, 3.8) is 0 Å². The molecule has 1 aliphatic heterocycles. The molecular formula is C22H16FN3O3S. The highest BCUT2D eigenvalue weighted by molar-refractivity contribution is 7.22. The van der Waals surface area contributed by atoms with Gasteiger partial charge in [-0.3, -0.25) is 14.7 Å². The van der Waals surface area contributed by atoms with Crippen molar-refractivity contribution < 1.29 is 18.7 Å². The Morgan fingerprint density at radius 3 is 2.87 bits per heavy atom. The molecular weight excluding hydrogens is 405 g/mol. The van der Waals surface area contributed by atoms with E-state index in [2.05, 4.69) is 9.97 Å². The van der Waals surface area contributed by atoms with E-state index in [4.69, 9.17) is 9.47 Å². The zero-order valence-electron chi connectivity index (χ0n) is 15.7. The zero-order chi connectivity index (χ0) is 20.5. The molecule has 3 heterocycles. The third kappa shape index (κ3) is 3.57. The summed E-state index contributed by atoms with van der Waals surface area (Å²) in [5.74, 6) is 0.502. The number of hydrogen-bond acceptors (Lipinski definition) is 6. The number of hydrogen-bond donors (Lipinski definition) is 0. The number of benzene rings is 2. The molecule has 0 saturated heterocycles. The van der Waals surface area contributed by atoms with Gasteiger partial charge in [0.25, 0.3) is 5.91 Å². The van der Waals surface area contributed by atoms with Crippen molar-refractivity contribution in [3.8, 4) is 11.5 Å². The Bertz CT molecular complexity index is 1210. The van der Waals surface area contributed by atoms with Crippen LogP contribution in [0.25, 0.3) is 10.2 Å². The maximum absolute atomic E-state index is 13.6. The number of pyridine rings is 1. The normalized spacial score (nSPS) is 15.2. The van der Waals surface area contributed by atoms with E-state index < -0.39 is 6.10 Å². The SMILES string of the molecule is O=C([C@@H]1COc2ccccc2O1)N(Cc1cccnc1)c1nc2ccc(F)cc2s1. The predicted octanol–water partition coefficient (Wildman–Crippen LogP) is 4.20. The molecule has 0 bridgehead atoms. The molecule has 1 atom stereocenters. The average molecular weight is 421 g/mol. The lowest BCUT2D eigenvalue weighted by atomic mass is 10.2. The average Bonchev–Trinajstić information content (AvgIpc) is 3.20. The van der Waals surface area contributed by atoms with E-state index >= 15 is 0 Å². The van der Waals surface area contributed by atoms with Crippen molar-refractivity contribution >= 4 is 32.6 Å². The standard InChI is InChI=1S/C22H16FN3O3S/c23-15-7-8-16-20(10-15)30-22(25-16)26(12-14-4-3-9-24-11-14)21(27)19-13-28-17-5-1-2-6-18(17)29-19/h1-11,19H,12-13H2/t19-/m0/s1. The van der Waals surface area contributed by atoms with E-state index in [-0.39, 0.29) is 24.9 Å². The fraction of sp³-hybridized carbons (Fsp3) is 0.136. The van der Waals surface area contributed by atoms with Crippen LogP contribution in [-0.4, -0.2) is 28.6 Å². The minimum absolute atomic E-state index is 0.0961. The fourth-order valence-corrected chi connectivity index (χ4v) is 4.23. The number of fused-ring (bicyclic) bond motifs is 2. The smallest absolute Gasteiger partial charge is 0.273 e. The van der Waals surface area contributed by atoms with Crippen LogP contribution in [-0.2, 0) is 11.3 Å². The minimum atomic E-state index is -0.819. The number of thiazole rings is 1. The monoisotopic (exact) mass is 421 g/mol. The van der Waals surface area contributed by atoms with Gasteiger partial charge in [-0.1, -0.05) is 29.5 Å². The van der Waals surface area contributed by atoms with Crippen molar-refractivity contribution in [2.24, 2.45) is 0 Å². The Labute approximate surface area is 175 Å². The number of rotatable bonds is 4. The molecule has 8 heteroatoms. The summed E-state index contributed by atoms with van der Waals surface area (Å²) in [5.41, 5.74) is 1.47. The van der Waals surface area contributed by atoms with Crippen LogP contribution in [0, 0.1) is 5.82 Å². The maximum Gasteiger partial charge on any atom is 0.273 e. The van der Waals surface area contributed by atoms with Crippen LogP contribution in [0.5, 0.6) is 11.5 Å². The molecule has 0 fully saturated rings. The van der Waals surface area contributed by atoms with Crippen molar-refractivity contribution in [2.75, 3.05) is 11.5 Å². The Morgan fingerprint density at radius 2 is 2.03 bits per heavy atom. The number of anilines is 1. The second kappa shape index (κ2) is 7.72. The second-order valence-corrected chi connectivity index (χ2v) is 7.77. The van der Waals surface area contributed by atoms with Crippen LogP contribution in [0.2, 0.25) is 0 Å². The highest BCUT2D eigenvalue weighted by atomic mass is 32.1. The van der Waals surface area contributed by atoms with E-state index in [1.54, 1.807) is 35.5 Å². The van der Waals surface area contributed by atoms with Crippen molar-refractivity contribution in [1.29, 1.82) is 0 Å². The van der Waals surface area contributed by atoms with Crippen LogP contribution >= 0.6 is 11.3 Å². The fourth-order valence-electron chi connectivity index (χ4n) is 3.23. The molecule has 6 nitrogen and oxygen atoms in total. The van der Waals surface area contributed by atoms with Crippen LogP contribution in [0.3, 0.4) is 0 Å². The van der Waals surface area contributed by atoms with Gasteiger partial charge in [-0.25, -0.2) is 9.37 Å². The molecule has 150 valence electrons. The molecule has 1 amide bonds. The second-order valence-electron chi connectivity index (χ2n) is 6.76. The van der Waals surface area contributed by atoms with Crippen molar-refractivity contribution in [1.82, 2.24) is 9.97 Å². The summed E-state index contributed by atoms with van der Waals surface area (Å²) >= 11 is 1.25. The summed E-state index contributed by atoms with van der Waals surface area (Å²) in [6.45, 7) is 0.357. The zero-order valence-corrected chi connectivity index (χ0v) is 16.5. The molecule has 2 aromatic carbocycles. The molecule has 0 saturated carbocycles. The first-order valence-electron chi connectivity index (χ1n) is 9.32. The number of nitrogens with zero attached hydrogens (tertiary/aromatic N) is 3. The molecule has 30 heavy (non-hydrogen) atoms. The molecule has 0 aliphatic carbocycles. The summed E-state index contributed by atoms with van der Waals surface area (Å²) in [6.07, 6.45) is 2.55.